The van der Waals surface area contributed by atoms with Crippen LogP contribution in [0.15, 0.2) is 41.3 Å². The molecule has 0 saturated carbocycles. The van der Waals surface area contributed by atoms with Crippen molar-refractivity contribution in [3.63, 3.8) is 0 Å². The van der Waals surface area contributed by atoms with Gasteiger partial charge in [-0.25, -0.2) is 4.98 Å². The van der Waals surface area contributed by atoms with E-state index in [0.29, 0.717) is 5.69 Å². The van der Waals surface area contributed by atoms with Gasteiger partial charge in [-0.05, 0) is 18.2 Å². The summed E-state index contributed by atoms with van der Waals surface area (Å²) in [6.45, 7) is 0.753. The van der Waals surface area contributed by atoms with Gasteiger partial charge in [0.2, 0.25) is 0 Å². The summed E-state index contributed by atoms with van der Waals surface area (Å²) in [5.41, 5.74) is 8.52. The van der Waals surface area contributed by atoms with E-state index in [4.69, 9.17) is 5.73 Å². The number of aromatic amines is 1. The zero-order valence-corrected chi connectivity index (χ0v) is 12.3. The molecule has 0 aliphatic rings. The van der Waals surface area contributed by atoms with Gasteiger partial charge in [0.25, 0.3) is 0 Å². The molecule has 0 bridgehead atoms. The minimum atomic E-state index is 0.648. The van der Waals surface area contributed by atoms with E-state index in [1.165, 1.54) is 0 Å². The van der Waals surface area contributed by atoms with Crippen LogP contribution in [0.3, 0.4) is 0 Å². The molecule has 0 aliphatic heterocycles. The second-order valence-electron chi connectivity index (χ2n) is 4.46. The van der Waals surface area contributed by atoms with Gasteiger partial charge in [0.15, 0.2) is 0 Å². The van der Waals surface area contributed by atoms with Gasteiger partial charge in [-0.2, -0.15) is 0 Å². The molecule has 6 heteroatoms. The summed E-state index contributed by atoms with van der Waals surface area (Å²) in [5.74, 6) is 0.954. The third kappa shape index (κ3) is 2.60. The molecule has 0 unspecified atom stereocenters. The second kappa shape index (κ2) is 5.50. The Kier molecular flexibility index (Phi) is 3.56. The Balaban J connectivity index is 1.86. The van der Waals surface area contributed by atoms with Crippen LogP contribution in [0.5, 0.6) is 0 Å². The number of hydrogen-bond donors (Lipinski definition) is 3. The Hall–Kier alpha value is -2.08. The summed E-state index contributed by atoms with van der Waals surface area (Å²) in [5, 5.41) is 4.39. The molecule has 0 atom stereocenters. The van der Waals surface area contributed by atoms with Gasteiger partial charge < -0.3 is 16.0 Å². The number of nitrogens with two attached hydrogens (primary N) is 1. The summed E-state index contributed by atoms with van der Waals surface area (Å²) < 4.78 is 1.01. The minimum Gasteiger partial charge on any atom is -0.396 e. The third-order valence-corrected chi connectivity index (χ3v) is 3.57. The topological polar surface area (TPSA) is 79.6 Å². The fourth-order valence-corrected chi connectivity index (χ4v) is 2.48. The Morgan fingerprint density at radius 2 is 2.20 bits per heavy atom. The Morgan fingerprint density at radius 1 is 1.30 bits per heavy atom. The van der Waals surface area contributed by atoms with Crippen molar-refractivity contribution < 1.29 is 0 Å². The average molecular weight is 332 g/mol. The molecule has 0 saturated heterocycles. The number of H-pyrrole nitrogens is 1. The Labute approximate surface area is 124 Å². The number of hydrogen-bond acceptors (Lipinski definition) is 4. The fraction of sp³-hybridized carbons (Fsp3) is 0.143. The van der Waals surface area contributed by atoms with Gasteiger partial charge in [0, 0.05) is 35.2 Å². The van der Waals surface area contributed by atoms with Gasteiger partial charge in [-0.1, -0.05) is 15.9 Å². The van der Waals surface area contributed by atoms with Crippen LogP contribution in [0, 0.1) is 0 Å². The smallest absolute Gasteiger partial charge is 0.107 e. The van der Waals surface area contributed by atoms with Crippen LogP contribution >= 0.6 is 15.9 Å². The van der Waals surface area contributed by atoms with Crippen LogP contribution in [0.4, 0.5) is 11.4 Å². The van der Waals surface area contributed by atoms with Crippen LogP contribution in [0.25, 0.3) is 10.9 Å². The molecule has 102 valence electrons. The summed E-state index contributed by atoms with van der Waals surface area (Å²) >= 11 is 3.48. The highest BCUT2D eigenvalue weighted by atomic mass is 79.9. The predicted molar refractivity (Wildman–Crippen MR) is 84.6 cm³/mol. The number of halogens is 1. The molecule has 0 fully saturated rings. The third-order valence-electron chi connectivity index (χ3n) is 3.08. The van der Waals surface area contributed by atoms with Crippen molar-refractivity contribution in [2.24, 2.45) is 0 Å². The van der Waals surface area contributed by atoms with E-state index in [1.54, 1.807) is 12.4 Å². The molecule has 4 N–H and O–H groups in total. The van der Waals surface area contributed by atoms with Crippen molar-refractivity contribution in [2.45, 2.75) is 6.42 Å². The van der Waals surface area contributed by atoms with Crippen molar-refractivity contribution >= 4 is 38.2 Å². The normalized spacial score (nSPS) is 10.8. The number of rotatable bonds is 4. The highest BCUT2D eigenvalue weighted by Gasteiger charge is 2.07. The highest BCUT2D eigenvalue weighted by molar-refractivity contribution is 9.10. The van der Waals surface area contributed by atoms with E-state index in [2.05, 4.69) is 36.2 Å². The number of anilines is 2. The number of fused-ring (bicyclic) bond motifs is 1. The quantitative estimate of drug-likeness (QED) is 0.686. The molecular weight excluding hydrogens is 318 g/mol. The molecule has 0 amide bonds. The summed E-state index contributed by atoms with van der Waals surface area (Å²) in [7, 11) is 0. The number of benzene rings is 1. The highest BCUT2D eigenvalue weighted by Crippen LogP contribution is 2.29. The lowest BCUT2D eigenvalue weighted by Gasteiger charge is -2.12. The lowest BCUT2D eigenvalue weighted by molar-refractivity contribution is 0.928. The molecule has 5 nitrogen and oxygen atoms in total. The maximum absolute atomic E-state index is 6.03. The number of pyridine rings is 1. The van der Waals surface area contributed by atoms with Gasteiger partial charge in [0.05, 0.1) is 23.1 Å². The number of aromatic nitrogens is 3. The largest absolute Gasteiger partial charge is 0.396 e. The van der Waals surface area contributed by atoms with Crippen LogP contribution in [0.1, 0.15) is 5.82 Å². The van der Waals surface area contributed by atoms with Crippen molar-refractivity contribution in [1.82, 2.24) is 15.0 Å². The molecule has 20 heavy (non-hydrogen) atoms. The second-order valence-corrected chi connectivity index (χ2v) is 5.38. The molecule has 0 aliphatic carbocycles. The first-order valence-electron chi connectivity index (χ1n) is 6.30. The summed E-state index contributed by atoms with van der Waals surface area (Å²) in [6.07, 6.45) is 6.07. The number of nitrogens with zero attached hydrogens (tertiary/aromatic N) is 2. The van der Waals surface area contributed by atoms with Crippen molar-refractivity contribution in [2.75, 3.05) is 17.6 Å². The Morgan fingerprint density at radius 3 is 3.00 bits per heavy atom. The minimum absolute atomic E-state index is 0.648. The molecule has 2 aromatic heterocycles. The first kappa shape index (κ1) is 12.9. The van der Waals surface area contributed by atoms with Gasteiger partial charge in [-0.3, -0.25) is 4.98 Å². The van der Waals surface area contributed by atoms with E-state index in [1.807, 2.05) is 24.4 Å². The lowest BCUT2D eigenvalue weighted by Crippen LogP contribution is -2.08. The van der Waals surface area contributed by atoms with Gasteiger partial charge in [-0.15, -0.1) is 0 Å². The molecule has 1 aromatic carbocycles. The van der Waals surface area contributed by atoms with Crippen molar-refractivity contribution in [3.05, 3.63) is 47.1 Å². The molecule has 3 rings (SSSR count). The first-order valence-corrected chi connectivity index (χ1v) is 7.09. The monoisotopic (exact) mass is 331 g/mol. The number of nitrogens with one attached hydrogen (secondary N) is 2. The van der Waals surface area contributed by atoms with E-state index in [0.717, 1.165) is 39.9 Å². The molecule has 2 heterocycles. The van der Waals surface area contributed by atoms with Crippen molar-refractivity contribution in [3.8, 4) is 0 Å². The summed E-state index contributed by atoms with van der Waals surface area (Å²) in [6, 6.07) is 5.96. The average Bonchev–Trinajstić information content (AvgIpc) is 2.94. The predicted octanol–water partition coefficient (Wildman–Crippen LogP) is 2.96. The zero-order valence-electron chi connectivity index (χ0n) is 10.7. The van der Waals surface area contributed by atoms with Gasteiger partial charge >= 0.3 is 0 Å². The number of imidazole rings is 1. The van der Waals surface area contributed by atoms with Crippen LogP contribution in [0.2, 0.25) is 0 Å². The number of nitrogen functional groups attached to an aromatic ring is 1. The van der Waals surface area contributed by atoms with Crippen LogP contribution < -0.4 is 11.1 Å². The van der Waals surface area contributed by atoms with Gasteiger partial charge in [0.1, 0.15) is 5.82 Å². The van der Waals surface area contributed by atoms with E-state index in [9.17, 15) is 0 Å². The summed E-state index contributed by atoms with van der Waals surface area (Å²) in [4.78, 5) is 11.6. The maximum atomic E-state index is 6.03. The SMILES string of the molecule is Nc1cnc2ccc(Br)cc2c1NCCc1ncc[nH]1. The maximum Gasteiger partial charge on any atom is 0.107 e. The first-order chi connectivity index (χ1) is 9.74. The fourth-order valence-electron chi connectivity index (χ4n) is 2.12. The molecule has 0 spiro atoms. The standard InChI is InChI=1S/C14H14BrN5/c15-9-1-2-12-10(7-9)14(11(16)8-20-12)19-4-3-13-17-5-6-18-13/h1-2,5-8H,3-4,16H2,(H,17,18)(H,19,20). The molecule has 3 aromatic rings. The van der Waals surface area contributed by atoms with Crippen LogP contribution in [-0.2, 0) is 6.42 Å². The van der Waals surface area contributed by atoms with Crippen LogP contribution in [-0.4, -0.2) is 21.5 Å². The van der Waals surface area contributed by atoms with E-state index in [-0.39, 0.29) is 0 Å². The lowest BCUT2D eigenvalue weighted by atomic mass is 10.1. The molecular formula is C14H14BrN5. The molecule has 0 radical (unpaired) electrons. The van der Waals surface area contributed by atoms with Crippen molar-refractivity contribution in [1.29, 1.82) is 0 Å². The van der Waals surface area contributed by atoms with E-state index >= 15 is 0 Å². The van der Waals surface area contributed by atoms with E-state index < -0.39 is 0 Å². The Bertz CT molecular complexity index is 719. The zero-order chi connectivity index (χ0) is 13.9.